The summed E-state index contributed by atoms with van der Waals surface area (Å²) < 4.78 is 12.1. The van der Waals surface area contributed by atoms with Gasteiger partial charge in [0.2, 0.25) is 0 Å². The summed E-state index contributed by atoms with van der Waals surface area (Å²) in [5.41, 5.74) is 8.82. The lowest BCUT2D eigenvalue weighted by Gasteiger charge is -2.31. The minimum absolute atomic E-state index is 0.252. The molecule has 0 spiro atoms. The zero-order chi connectivity index (χ0) is 14.9. The van der Waals surface area contributed by atoms with Gasteiger partial charge in [0, 0.05) is 15.6 Å². The van der Waals surface area contributed by atoms with Crippen molar-refractivity contribution >= 4 is 15.9 Å². The lowest BCUT2D eigenvalue weighted by molar-refractivity contribution is 0.345. The molecule has 2 N–H and O–H groups in total. The van der Waals surface area contributed by atoms with Crippen LogP contribution >= 0.6 is 15.9 Å². The number of methoxy groups -OCH3 is 2. The van der Waals surface area contributed by atoms with Crippen molar-refractivity contribution in [1.29, 1.82) is 0 Å². The van der Waals surface area contributed by atoms with E-state index in [1.165, 1.54) is 24.0 Å². The molecule has 0 unspecified atom stereocenters. The number of halogens is 1. The normalized spacial score (nSPS) is 17.6. The van der Waals surface area contributed by atoms with Gasteiger partial charge in [-0.2, -0.15) is 0 Å². The highest BCUT2D eigenvalue weighted by atomic mass is 79.9. The van der Waals surface area contributed by atoms with Crippen molar-refractivity contribution in [1.82, 2.24) is 0 Å². The standard InChI is InChI=1S/C16H24BrNO2/c1-10(2)13-14(16(18)7-5-6-8-16)11(17)9-12(19-3)15(13)20-4/h9-10H,5-8,18H2,1-4H3. The summed E-state index contributed by atoms with van der Waals surface area (Å²) in [6.45, 7) is 4.34. The van der Waals surface area contributed by atoms with E-state index in [2.05, 4.69) is 29.8 Å². The molecule has 0 saturated heterocycles. The molecule has 0 aromatic heterocycles. The highest BCUT2D eigenvalue weighted by molar-refractivity contribution is 9.10. The van der Waals surface area contributed by atoms with Gasteiger partial charge in [0.05, 0.1) is 14.2 Å². The van der Waals surface area contributed by atoms with Crippen LogP contribution in [-0.4, -0.2) is 14.2 Å². The van der Waals surface area contributed by atoms with Gasteiger partial charge in [0.25, 0.3) is 0 Å². The van der Waals surface area contributed by atoms with Gasteiger partial charge >= 0.3 is 0 Å². The maximum atomic E-state index is 6.71. The van der Waals surface area contributed by atoms with Crippen molar-refractivity contribution in [3.8, 4) is 11.5 Å². The Morgan fingerprint density at radius 1 is 1.20 bits per heavy atom. The van der Waals surface area contributed by atoms with Crippen LogP contribution < -0.4 is 15.2 Å². The minimum atomic E-state index is -0.252. The van der Waals surface area contributed by atoms with Crippen LogP contribution in [-0.2, 0) is 5.54 Å². The highest BCUT2D eigenvalue weighted by Crippen LogP contribution is 2.49. The van der Waals surface area contributed by atoms with Crippen LogP contribution in [0.3, 0.4) is 0 Å². The Kier molecular flexibility index (Phi) is 4.65. The minimum Gasteiger partial charge on any atom is -0.493 e. The monoisotopic (exact) mass is 341 g/mol. The smallest absolute Gasteiger partial charge is 0.164 e. The van der Waals surface area contributed by atoms with Crippen molar-refractivity contribution in [3.63, 3.8) is 0 Å². The van der Waals surface area contributed by atoms with Crippen LogP contribution in [0.25, 0.3) is 0 Å². The first-order valence-corrected chi connectivity index (χ1v) is 7.97. The predicted molar refractivity (Wildman–Crippen MR) is 85.7 cm³/mol. The molecule has 1 aromatic rings. The average molecular weight is 342 g/mol. The van der Waals surface area contributed by atoms with E-state index in [1.54, 1.807) is 14.2 Å². The van der Waals surface area contributed by atoms with E-state index in [4.69, 9.17) is 15.2 Å². The number of rotatable bonds is 4. The zero-order valence-electron chi connectivity index (χ0n) is 12.8. The van der Waals surface area contributed by atoms with Crippen molar-refractivity contribution < 1.29 is 9.47 Å². The third-order valence-corrected chi connectivity index (χ3v) is 4.85. The van der Waals surface area contributed by atoms with Gasteiger partial charge in [0.1, 0.15) is 0 Å². The van der Waals surface area contributed by atoms with Crippen LogP contribution in [0.5, 0.6) is 11.5 Å². The third-order valence-electron chi connectivity index (χ3n) is 4.23. The Morgan fingerprint density at radius 2 is 1.80 bits per heavy atom. The molecule has 1 saturated carbocycles. The van der Waals surface area contributed by atoms with Crippen molar-refractivity contribution in [2.75, 3.05) is 14.2 Å². The fourth-order valence-electron chi connectivity index (χ4n) is 3.30. The van der Waals surface area contributed by atoms with Gasteiger partial charge in [0.15, 0.2) is 11.5 Å². The maximum absolute atomic E-state index is 6.71. The second-order valence-corrected chi connectivity index (χ2v) is 6.75. The molecule has 112 valence electrons. The van der Waals surface area contributed by atoms with Crippen LogP contribution in [0.2, 0.25) is 0 Å². The van der Waals surface area contributed by atoms with Crippen molar-refractivity contribution in [2.24, 2.45) is 5.73 Å². The molecule has 0 amide bonds. The van der Waals surface area contributed by atoms with E-state index in [9.17, 15) is 0 Å². The number of hydrogen-bond donors (Lipinski definition) is 1. The first-order chi connectivity index (χ1) is 9.44. The summed E-state index contributed by atoms with van der Waals surface area (Å²) in [6, 6.07) is 1.98. The molecule has 0 aliphatic heterocycles. The number of hydrogen-bond acceptors (Lipinski definition) is 3. The molecule has 1 fully saturated rings. The maximum Gasteiger partial charge on any atom is 0.164 e. The topological polar surface area (TPSA) is 44.5 Å². The lowest BCUT2D eigenvalue weighted by atomic mass is 9.82. The Morgan fingerprint density at radius 3 is 2.25 bits per heavy atom. The van der Waals surface area contributed by atoms with E-state index in [1.807, 2.05) is 6.07 Å². The molecule has 1 aromatic carbocycles. The van der Waals surface area contributed by atoms with Gasteiger partial charge in [-0.15, -0.1) is 0 Å². The molecule has 0 atom stereocenters. The molecule has 1 aliphatic carbocycles. The fraction of sp³-hybridized carbons (Fsp3) is 0.625. The second kappa shape index (κ2) is 5.94. The summed E-state index contributed by atoms with van der Waals surface area (Å²) in [4.78, 5) is 0. The summed E-state index contributed by atoms with van der Waals surface area (Å²) >= 11 is 3.70. The fourth-order valence-corrected chi connectivity index (χ4v) is 4.12. The number of ether oxygens (including phenoxy) is 2. The van der Waals surface area contributed by atoms with Crippen molar-refractivity contribution in [2.45, 2.75) is 51.0 Å². The van der Waals surface area contributed by atoms with E-state index in [-0.39, 0.29) is 5.54 Å². The van der Waals surface area contributed by atoms with Gasteiger partial charge in [-0.25, -0.2) is 0 Å². The Labute approximate surface area is 130 Å². The summed E-state index contributed by atoms with van der Waals surface area (Å²) in [6.07, 6.45) is 4.44. The summed E-state index contributed by atoms with van der Waals surface area (Å²) in [7, 11) is 3.36. The largest absolute Gasteiger partial charge is 0.493 e. The molecule has 0 bridgehead atoms. The third kappa shape index (κ3) is 2.56. The SMILES string of the molecule is COc1cc(Br)c(C2(N)CCCC2)c(C(C)C)c1OC. The highest BCUT2D eigenvalue weighted by Gasteiger charge is 2.37. The average Bonchev–Trinajstić information content (AvgIpc) is 2.84. The quantitative estimate of drug-likeness (QED) is 0.886. The molecular formula is C16H24BrNO2. The molecule has 1 aliphatic rings. The van der Waals surface area contributed by atoms with Gasteiger partial charge in [-0.1, -0.05) is 42.6 Å². The van der Waals surface area contributed by atoms with Crippen LogP contribution in [0.15, 0.2) is 10.5 Å². The Balaban J connectivity index is 2.72. The van der Waals surface area contributed by atoms with Crippen LogP contribution in [0, 0.1) is 0 Å². The van der Waals surface area contributed by atoms with Gasteiger partial charge in [-0.05, 0) is 30.4 Å². The Hall–Kier alpha value is -0.740. The van der Waals surface area contributed by atoms with E-state index >= 15 is 0 Å². The molecule has 3 nitrogen and oxygen atoms in total. The van der Waals surface area contributed by atoms with Crippen LogP contribution in [0.1, 0.15) is 56.6 Å². The molecule has 2 rings (SSSR count). The second-order valence-electron chi connectivity index (χ2n) is 5.90. The van der Waals surface area contributed by atoms with Gasteiger partial charge < -0.3 is 15.2 Å². The number of nitrogens with two attached hydrogens (primary N) is 1. The first-order valence-electron chi connectivity index (χ1n) is 7.18. The molecule has 20 heavy (non-hydrogen) atoms. The summed E-state index contributed by atoms with van der Waals surface area (Å²) in [5.74, 6) is 1.90. The van der Waals surface area contributed by atoms with E-state index in [0.29, 0.717) is 5.92 Å². The number of benzene rings is 1. The predicted octanol–water partition coefficient (Wildman–Crippen LogP) is 4.32. The molecule has 0 radical (unpaired) electrons. The molecule has 0 heterocycles. The summed E-state index contributed by atoms with van der Waals surface area (Å²) in [5, 5.41) is 0. The molecular weight excluding hydrogens is 318 g/mol. The van der Waals surface area contributed by atoms with Gasteiger partial charge in [-0.3, -0.25) is 0 Å². The Bertz CT molecular complexity index is 494. The van der Waals surface area contributed by atoms with E-state index < -0.39 is 0 Å². The molecule has 4 heteroatoms. The first kappa shape index (κ1) is 15.6. The lowest BCUT2D eigenvalue weighted by Crippen LogP contribution is -2.35. The van der Waals surface area contributed by atoms with Crippen LogP contribution in [0.4, 0.5) is 0 Å². The van der Waals surface area contributed by atoms with E-state index in [0.717, 1.165) is 28.8 Å². The zero-order valence-corrected chi connectivity index (χ0v) is 14.3. The van der Waals surface area contributed by atoms with Crippen molar-refractivity contribution in [3.05, 3.63) is 21.7 Å².